The molecular weight excluding hydrogens is 657 g/mol. The first kappa shape index (κ1) is 40.5. The van der Waals surface area contributed by atoms with Crippen molar-refractivity contribution < 1.29 is 0 Å². The highest BCUT2D eigenvalue weighted by atomic mass is 15.1. The van der Waals surface area contributed by atoms with E-state index in [1.807, 2.05) is 0 Å². The summed E-state index contributed by atoms with van der Waals surface area (Å²) in [6.07, 6.45) is 0. The molecular formula is C50H66N4. The minimum atomic E-state index is 0.123. The number of nitrogens with zero attached hydrogens (tertiary/aromatic N) is 4. The Hall–Kier alpha value is -4.70. The third-order valence-electron chi connectivity index (χ3n) is 11.7. The normalized spacial score (nSPS) is 12.3. The second-order valence-corrected chi connectivity index (χ2v) is 14.5. The molecule has 54 heavy (non-hydrogen) atoms. The highest BCUT2D eigenvalue weighted by molar-refractivity contribution is 5.59. The van der Waals surface area contributed by atoms with Crippen LogP contribution in [0.5, 0.6) is 0 Å². The maximum atomic E-state index is 2.44. The van der Waals surface area contributed by atoms with E-state index in [0.717, 1.165) is 52.4 Å². The van der Waals surface area contributed by atoms with E-state index in [4.69, 9.17) is 0 Å². The molecule has 0 radical (unpaired) electrons. The van der Waals surface area contributed by atoms with E-state index in [0.29, 0.717) is 0 Å². The zero-order valence-electron chi connectivity index (χ0n) is 35.0. The first-order valence-electron chi connectivity index (χ1n) is 20.8. The molecule has 286 valence electrons. The highest BCUT2D eigenvalue weighted by Gasteiger charge is 2.24. The van der Waals surface area contributed by atoms with Crippen molar-refractivity contribution in [3.8, 4) is 0 Å². The third kappa shape index (κ3) is 8.81. The van der Waals surface area contributed by atoms with Crippen molar-refractivity contribution >= 4 is 22.7 Å². The molecule has 0 heterocycles. The standard InChI is InChI=1S/C50H66N4/c1-11-51(12-2)43-27-23-41(24-28-43)49(47-33-31-45(35-37(47)9)53(15-5)16-6)39-19-21-40(22-20-39)50(42-25-29-44(30-26-42)52(13-3)14-4)48-34-32-46(36-38(48)10)54(17-7)18-8/h19-36,49-50H,11-18H2,1-10H3. The van der Waals surface area contributed by atoms with Gasteiger partial charge in [-0.25, -0.2) is 0 Å². The minimum absolute atomic E-state index is 0.123. The van der Waals surface area contributed by atoms with Gasteiger partial charge in [0, 0.05) is 86.9 Å². The molecule has 0 saturated heterocycles. The monoisotopic (exact) mass is 723 g/mol. The average Bonchev–Trinajstić information content (AvgIpc) is 3.20. The summed E-state index contributed by atoms with van der Waals surface area (Å²) in [6.45, 7) is 30.5. The molecule has 0 aliphatic rings. The maximum Gasteiger partial charge on any atom is 0.0368 e. The van der Waals surface area contributed by atoms with Gasteiger partial charge in [-0.3, -0.25) is 0 Å². The fourth-order valence-corrected chi connectivity index (χ4v) is 8.46. The number of hydrogen-bond acceptors (Lipinski definition) is 4. The largest absolute Gasteiger partial charge is 0.372 e. The molecule has 0 saturated carbocycles. The van der Waals surface area contributed by atoms with Gasteiger partial charge in [0.15, 0.2) is 0 Å². The molecule has 5 rings (SSSR count). The van der Waals surface area contributed by atoms with E-state index >= 15 is 0 Å². The lowest BCUT2D eigenvalue weighted by Gasteiger charge is -2.27. The summed E-state index contributed by atoms with van der Waals surface area (Å²) >= 11 is 0. The zero-order chi connectivity index (χ0) is 38.8. The van der Waals surface area contributed by atoms with Gasteiger partial charge in [-0.1, -0.05) is 60.7 Å². The summed E-state index contributed by atoms with van der Waals surface area (Å²) in [5.74, 6) is 0.245. The number of aryl methyl sites for hydroxylation is 2. The van der Waals surface area contributed by atoms with Crippen molar-refractivity contribution in [2.24, 2.45) is 0 Å². The van der Waals surface area contributed by atoms with Crippen molar-refractivity contribution in [2.45, 2.75) is 81.1 Å². The van der Waals surface area contributed by atoms with Crippen LogP contribution in [-0.4, -0.2) is 52.4 Å². The predicted octanol–water partition coefficient (Wildman–Crippen LogP) is 12.0. The molecule has 0 fully saturated rings. The van der Waals surface area contributed by atoms with Crippen molar-refractivity contribution in [1.82, 2.24) is 0 Å². The minimum Gasteiger partial charge on any atom is -0.372 e. The number of rotatable bonds is 18. The summed E-state index contributed by atoms with van der Waals surface area (Å²) in [6, 6.07) is 42.4. The first-order chi connectivity index (χ1) is 26.2. The van der Waals surface area contributed by atoms with Crippen LogP contribution in [0.15, 0.2) is 109 Å². The molecule has 0 aliphatic carbocycles. The van der Waals surface area contributed by atoms with E-state index < -0.39 is 0 Å². The number of hydrogen-bond donors (Lipinski definition) is 0. The van der Waals surface area contributed by atoms with Crippen LogP contribution < -0.4 is 19.6 Å². The second-order valence-electron chi connectivity index (χ2n) is 14.5. The molecule has 0 bridgehead atoms. The van der Waals surface area contributed by atoms with Gasteiger partial charge < -0.3 is 19.6 Å². The van der Waals surface area contributed by atoms with Crippen molar-refractivity contribution in [1.29, 1.82) is 0 Å². The van der Waals surface area contributed by atoms with Crippen LogP contribution in [0.3, 0.4) is 0 Å². The van der Waals surface area contributed by atoms with Crippen LogP contribution >= 0.6 is 0 Å². The molecule has 0 aliphatic heterocycles. The Balaban J connectivity index is 1.62. The topological polar surface area (TPSA) is 13.0 Å². The molecule has 0 spiro atoms. The Labute approximate surface area is 328 Å². The maximum absolute atomic E-state index is 2.44. The lowest BCUT2D eigenvalue weighted by Crippen LogP contribution is -2.22. The van der Waals surface area contributed by atoms with Gasteiger partial charge in [-0.05, 0) is 162 Å². The van der Waals surface area contributed by atoms with E-state index in [9.17, 15) is 0 Å². The Kier molecular flexibility index (Phi) is 14.3. The van der Waals surface area contributed by atoms with Crippen molar-refractivity contribution in [2.75, 3.05) is 72.0 Å². The zero-order valence-corrected chi connectivity index (χ0v) is 35.0. The first-order valence-corrected chi connectivity index (χ1v) is 20.8. The Morgan fingerprint density at radius 1 is 0.315 bits per heavy atom. The lowest BCUT2D eigenvalue weighted by atomic mass is 9.80. The summed E-state index contributed by atoms with van der Waals surface area (Å²) in [5, 5.41) is 0. The summed E-state index contributed by atoms with van der Waals surface area (Å²) in [4.78, 5) is 9.71. The number of anilines is 4. The van der Waals surface area contributed by atoms with Crippen molar-refractivity contribution in [3.05, 3.63) is 154 Å². The Morgan fingerprint density at radius 2 is 0.537 bits per heavy atom. The van der Waals surface area contributed by atoms with Crippen LogP contribution in [0.2, 0.25) is 0 Å². The van der Waals surface area contributed by atoms with E-state index in [1.165, 1.54) is 67.3 Å². The van der Waals surface area contributed by atoms with Crippen LogP contribution in [0, 0.1) is 13.8 Å². The lowest BCUT2D eigenvalue weighted by molar-refractivity contribution is 0.860. The summed E-state index contributed by atoms with van der Waals surface area (Å²) in [7, 11) is 0. The van der Waals surface area contributed by atoms with Crippen LogP contribution in [-0.2, 0) is 0 Å². The summed E-state index contributed by atoms with van der Waals surface area (Å²) in [5.41, 5.74) is 15.8. The predicted molar refractivity (Wildman–Crippen MR) is 238 cm³/mol. The van der Waals surface area contributed by atoms with Gasteiger partial charge >= 0.3 is 0 Å². The fourth-order valence-electron chi connectivity index (χ4n) is 8.46. The molecule has 5 aromatic rings. The molecule has 0 amide bonds. The van der Waals surface area contributed by atoms with Crippen LogP contribution in [0.25, 0.3) is 0 Å². The smallest absolute Gasteiger partial charge is 0.0368 e. The van der Waals surface area contributed by atoms with E-state index in [1.54, 1.807) is 0 Å². The van der Waals surface area contributed by atoms with E-state index in [-0.39, 0.29) is 11.8 Å². The van der Waals surface area contributed by atoms with Crippen LogP contribution in [0.1, 0.15) is 112 Å². The van der Waals surface area contributed by atoms with Crippen molar-refractivity contribution in [3.63, 3.8) is 0 Å². The molecule has 2 atom stereocenters. The second kappa shape index (κ2) is 19.1. The van der Waals surface area contributed by atoms with Gasteiger partial charge in [-0.15, -0.1) is 0 Å². The quantitative estimate of drug-likeness (QED) is 0.0835. The Morgan fingerprint density at radius 3 is 0.778 bits per heavy atom. The van der Waals surface area contributed by atoms with Gasteiger partial charge in [0.2, 0.25) is 0 Å². The summed E-state index contributed by atoms with van der Waals surface area (Å²) < 4.78 is 0. The molecule has 2 unspecified atom stereocenters. The fraction of sp³-hybridized carbons (Fsp3) is 0.400. The van der Waals surface area contributed by atoms with Gasteiger partial charge in [0.1, 0.15) is 0 Å². The molecule has 4 heteroatoms. The molecule has 0 aromatic heterocycles. The molecule has 0 N–H and O–H groups in total. The van der Waals surface area contributed by atoms with Gasteiger partial charge in [0.05, 0.1) is 0 Å². The average molecular weight is 723 g/mol. The third-order valence-corrected chi connectivity index (χ3v) is 11.7. The molecule has 4 nitrogen and oxygen atoms in total. The van der Waals surface area contributed by atoms with Crippen LogP contribution in [0.4, 0.5) is 22.7 Å². The highest BCUT2D eigenvalue weighted by Crippen LogP contribution is 2.40. The SMILES string of the molecule is CCN(CC)c1ccc(C(c2ccc(C(c3ccc(N(CC)CC)cc3)c3ccc(N(CC)CC)cc3C)cc2)c2ccc(N(CC)CC)cc2C)cc1. The number of benzene rings is 5. The van der Waals surface area contributed by atoms with E-state index in [2.05, 4.69) is 198 Å². The van der Waals surface area contributed by atoms with Gasteiger partial charge in [-0.2, -0.15) is 0 Å². The van der Waals surface area contributed by atoms with Gasteiger partial charge in [0.25, 0.3) is 0 Å². The Bertz CT molecular complexity index is 1740. The molecule has 5 aromatic carbocycles.